The first kappa shape index (κ1) is 13.8. The van der Waals surface area contributed by atoms with Gasteiger partial charge in [-0.25, -0.2) is 4.90 Å². The number of phenolic OH excluding ortho intramolecular Hbond substituents is 1. The Morgan fingerprint density at radius 1 is 1.00 bits per heavy atom. The highest BCUT2D eigenvalue weighted by Gasteiger charge is 2.39. The predicted octanol–water partition coefficient (Wildman–Crippen LogP) is 1.59. The zero-order chi connectivity index (χ0) is 15.7. The van der Waals surface area contributed by atoms with E-state index >= 15 is 0 Å². The molecule has 22 heavy (non-hydrogen) atoms. The van der Waals surface area contributed by atoms with Gasteiger partial charge in [0.05, 0.1) is 11.1 Å². The minimum atomic E-state index is -0.755. The average Bonchev–Trinajstić information content (AvgIpc) is 2.77. The summed E-state index contributed by atoms with van der Waals surface area (Å²) in [5.41, 5.74) is 0.413. The highest BCUT2D eigenvalue weighted by molar-refractivity contribution is 6.29. The van der Waals surface area contributed by atoms with E-state index in [-0.39, 0.29) is 22.6 Å². The van der Waals surface area contributed by atoms with Gasteiger partial charge in [0.15, 0.2) is 6.61 Å². The molecule has 1 N–H and O–H groups in total. The number of imide groups is 3. The fourth-order valence-corrected chi connectivity index (χ4v) is 2.20. The summed E-state index contributed by atoms with van der Waals surface area (Å²) in [4.78, 5) is 36.9. The quantitative estimate of drug-likeness (QED) is 0.870. The summed E-state index contributed by atoms with van der Waals surface area (Å²) in [6.45, 7) is -0.477. The van der Waals surface area contributed by atoms with E-state index in [0.717, 1.165) is 0 Å². The summed E-state index contributed by atoms with van der Waals surface area (Å²) >= 11 is 0. The van der Waals surface area contributed by atoms with E-state index in [2.05, 4.69) is 0 Å². The van der Waals surface area contributed by atoms with Crippen LogP contribution >= 0.6 is 0 Å². The maximum Gasteiger partial charge on any atom is 0.274 e. The molecule has 0 aliphatic carbocycles. The molecule has 0 radical (unpaired) electrons. The Morgan fingerprint density at radius 3 is 2.23 bits per heavy atom. The van der Waals surface area contributed by atoms with Gasteiger partial charge in [-0.3, -0.25) is 14.4 Å². The van der Waals surface area contributed by atoms with Crippen LogP contribution in [0.25, 0.3) is 0 Å². The standard InChI is InChI=1S/C16H11NO5/c18-10-4-3-5-11(8-10)22-9-14(19)17-15(20)12-6-1-2-7-13(12)16(17)21/h1-8,18H,9H2. The molecule has 110 valence electrons. The van der Waals surface area contributed by atoms with E-state index < -0.39 is 24.3 Å². The summed E-state index contributed by atoms with van der Waals surface area (Å²) in [5, 5.41) is 9.31. The lowest BCUT2D eigenvalue weighted by molar-refractivity contribution is -0.128. The second-order valence-corrected chi connectivity index (χ2v) is 4.67. The number of ether oxygens (including phenoxy) is 1. The second kappa shape index (κ2) is 5.33. The third-order valence-corrected chi connectivity index (χ3v) is 3.22. The molecular weight excluding hydrogens is 286 g/mol. The van der Waals surface area contributed by atoms with Crippen molar-refractivity contribution < 1.29 is 24.2 Å². The van der Waals surface area contributed by atoms with E-state index in [1.54, 1.807) is 24.3 Å². The number of phenols is 1. The Labute approximate surface area is 125 Å². The van der Waals surface area contributed by atoms with E-state index in [4.69, 9.17) is 4.74 Å². The Kier molecular flexibility index (Phi) is 3.34. The summed E-state index contributed by atoms with van der Waals surface area (Å²) in [6.07, 6.45) is 0. The first-order valence-corrected chi connectivity index (χ1v) is 6.50. The molecule has 0 spiro atoms. The van der Waals surface area contributed by atoms with Gasteiger partial charge in [0.25, 0.3) is 17.7 Å². The minimum absolute atomic E-state index is 0.00863. The van der Waals surface area contributed by atoms with Gasteiger partial charge < -0.3 is 9.84 Å². The van der Waals surface area contributed by atoms with Gasteiger partial charge in [0, 0.05) is 6.07 Å². The SMILES string of the molecule is O=C(COc1cccc(O)c1)N1C(=O)c2ccccc2C1=O. The molecule has 0 aromatic heterocycles. The van der Waals surface area contributed by atoms with E-state index in [0.29, 0.717) is 4.90 Å². The van der Waals surface area contributed by atoms with E-state index in [1.807, 2.05) is 0 Å². The predicted molar refractivity (Wildman–Crippen MR) is 75.6 cm³/mol. The molecule has 2 aromatic rings. The van der Waals surface area contributed by atoms with Crippen molar-refractivity contribution in [1.29, 1.82) is 0 Å². The van der Waals surface area contributed by atoms with Gasteiger partial charge in [0.2, 0.25) is 0 Å². The molecule has 6 nitrogen and oxygen atoms in total. The number of rotatable bonds is 3. The summed E-state index contributed by atoms with van der Waals surface area (Å²) in [7, 11) is 0. The van der Waals surface area contributed by atoms with Crippen molar-refractivity contribution in [3.05, 3.63) is 59.7 Å². The maximum atomic E-state index is 12.1. The van der Waals surface area contributed by atoms with Crippen LogP contribution in [0.1, 0.15) is 20.7 Å². The molecule has 3 rings (SSSR count). The Balaban J connectivity index is 1.74. The summed E-state index contributed by atoms with van der Waals surface area (Å²) in [6, 6.07) is 12.1. The van der Waals surface area contributed by atoms with Crippen LogP contribution in [0, 0.1) is 0 Å². The monoisotopic (exact) mass is 297 g/mol. The summed E-state index contributed by atoms with van der Waals surface area (Å²) in [5.74, 6) is -1.79. The normalized spacial score (nSPS) is 13.2. The van der Waals surface area contributed by atoms with Crippen LogP contribution in [0.15, 0.2) is 48.5 Å². The van der Waals surface area contributed by atoms with Crippen LogP contribution in [0.5, 0.6) is 11.5 Å². The van der Waals surface area contributed by atoms with Gasteiger partial charge in [0.1, 0.15) is 11.5 Å². The van der Waals surface area contributed by atoms with Crippen molar-refractivity contribution in [2.75, 3.05) is 6.61 Å². The molecule has 0 atom stereocenters. The number of carbonyl (C=O) groups excluding carboxylic acids is 3. The van der Waals surface area contributed by atoms with Crippen molar-refractivity contribution in [2.45, 2.75) is 0 Å². The fraction of sp³-hybridized carbons (Fsp3) is 0.0625. The molecule has 0 saturated heterocycles. The maximum absolute atomic E-state index is 12.1. The van der Waals surface area contributed by atoms with Crippen LogP contribution < -0.4 is 4.74 Å². The van der Waals surface area contributed by atoms with Crippen molar-refractivity contribution >= 4 is 17.7 Å². The molecule has 0 saturated carbocycles. The fourth-order valence-electron chi connectivity index (χ4n) is 2.20. The number of carbonyl (C=O) groups is 3. The number of hydrogen-bond acceptors (Lipinski definition) is 5. The number of aromatic hydroxyl groups is 1. The van der Waals surface area contributed by atoms with Gasteiger partial charge >= 0.3 is 0 Å². The molecule has 2 aromatic carbocycles. The Morgan fingerprint density at radius 2 is 1.64 bits per heavy atom. The van der Waals surface area contributed by atoms with Crippen LogP contribution in [-0.4, -0.2) is 34.3 Å². The zero-order valence-electron chi connectivity index (χ0n) is 11.4. The largest absolute Gasteiger partial charge is 0.508 e. The van der Waals surface area contributed by atoms with E-state index in [1.165, 1.54) is 24.3 Å². The highest BCUT2D eigenvalue weighted by Crippen LogP contribution is 2.23. The number of amides is 3. The smallest absolute Gasteiger partial charge is 0.274 e. The number of hydrogen-bond donors (Lipinski definition) is 1. The zero-order valence-corrected chi connectivity index (χ0v) is 11.4. The van der Waals surface area contributed by atoms with Gasteiger partial charge in [-0.05, 0) is 24.3 Å². The van der Waals surface area contributed by atoms with Gasteiger partial charge in [-0.2, -0.15) is 0 Å². The third-order valence-electron chi connectivity index (χ3n) is 3.22. The van der Waals surface area contributed by atoms with Crippen molar-refractivity contribution in [3.8, 4) is 11.5 Å². The Hall–Kier alpha value is -3.15. The molecule has 0 fully saturated rings. The van der Waals surface area contributed by atoms with Crippen molar-refractivity contribution in [2.24, 2.45) is 0 Å². The summed E-state index contributed by atoms with van der Waals surface area (Å²) < 4.78 is 5.20. The van der Waals surface area contributed by atoms with Crippen LogP contribution in [0.4, 0.5) is 0 Å². The first-order chi connectivity index (χ1) is 10.6. The molecular formula is C16H11NO5. The number of fused-ring (bicyclic) bond motifs is 1. The van der Waals surface area contributed by atoms with E-state index in [9.17, 15) is 19.5 Å². The van der Waals surface area contributed by atoms with Gasteiger partial charge in [-0.15, -0.1) is 0 Å². The first-order valence-electron chi connectivity index (χ1n) is 6.50. The number of nitrogens with zero attached hydrogens (tertiary/aromatic N) is 1. The van der Waals surface area contributed by atoms with Crippen molar-refractivity contribution in [3.63, 3.8) is 0 Å². The van der Waals surface area contributed by atoms with Crippen LogP contribution in [0.2, 0.25) is 0 Å². The van der Waals surface area contributed by atoms with Crippen LogP contribution in [-0.2, 0) is 4.79 Å². The Bertz CT molecular complexity index is 749. The molecule has 1 aliphatic rings. The lowest BCUT2D eigenvalue weighted by Crippen LogP contribution is -2.39. The number of benzene rings is 2. The molecule has 0 bridgehead atoms. The molecule has 0 unspecified atom stereocenters. The molecule has 6 heteroatoms. The third kappa shape index (κ3) is 2.31. The lowest BCUT2D eigenvalue weighted by atomic mass is 10.1. The molecule has 1 heterocycles. The van der Waals surface area contributed by atoms with Crippen LogP contribution in [0.3, 0.4) is 0 Å². The second-order valence-electron chi connectivity index (χ2n) is 4.67. The van der Waals surface area contributed by atoms with Crippen molar-refractivity contribution in [1.82, 2.24) is 4.90 Å². The molecule has 1 aliphatic heterocycles. The highest BCUT2D eigenvalue weighted by atomic mass is 16.5. The van der Waals surface area contributed by atoms with Gasteiger partial charge in [-0.1, -0.05) is 18.2 Å². The molecule has 3 amide bonds. The minimum Gasteiger partial charge on any atom is -0.508 e. The average molecular weight is 297 g/mol. The topological polar surface area (TPSA) is 83.9 Å². The lowest BCUT2D eigenvalue weighted by Gasteiger charge is -2.12.